The van der Waals surface area contributed by atoms with E-state index in [-0.39, 0.29) is 12.1 Å². The Hall–Kier alpha value is -0.970. The van der Waals surface area contributed by atoms with Gasteiger partial charge in [-0.2, -0.15) is 0 Å². The Morgan fingerprint density at radius 3 is 3.00 bits per heavy atom. The number of aromatic nitrogens is 1. The molecule has 4 nitrogen and oxygen atoms in total. The number of aryl methyl sites for hydroxylation is 1. The van der Waals surface area contributed by atoms with E-state index in [4.69, 9.17) is 10.5 Å². The SMILES string of the molecule is COCCN1CCCC(N)C1c1ccc(C)cn1. The zero-order valence-electron chi connectivity index (χ0n) is 11.3. The molecule has 2 rings (SSSR count). The summed E-state index contributed by atoms with van der Waals surface area (Å²) in [4.78, 5) is 6.95. The van der Waals surface area contributed by atoms with Crippen molar-refractivity contribution < 1.29 is 4.74 Å². The molecule has 1 aliphatic rings. The molecule has 2 N–H and O–H groups in total. The van der Waals surface area contributed by atoms with Crippen LogP contribution in [0, 0.1) is 6.92 Å². The highest BCUT2D eigenvalue weighted by atomic mass is 16.5. The number of methoxy groups -OCH3 is 1. The number of pyridine rings is 1. The van der Waals surface area contributed by atoms with Gasteiger partial charge in [0.2, 0.25) is 0 Å². The van der Waals surface area contributed by atoms with E-state index >= 15 is 0 Å². The first-order chi connectivity index (χ1) is 8.72. The van der Waals surface area contributed by atoms with Crippen molar-refractivity contribution in [2.45, 2.75) is 31.8 Å². The smallest absolute Gasteiger partial charge is 0.0674 e. The molecular weight excluding hydrogens is 226 g/mol. The van der Waals surface area contributed by atoms with Crippen LogP contribution in [0.25, 0.3) is 0 Å². The Morgan fingerprint density at radius 2 is 2.33 bits per heavy atom. The van der Waals surface area contributed by atoms with E-state index in [2.05, 4.69) is 28.9 Å². The molecule has 0 aliphatic carbocycles. The first kappa shape index (κ1) is 13.5. The van der Waals surface area contributed by atoms with Crippen molar-refractivity contribution in [3.05, 3.63) is 29.6 Å². The van der Waals surface area contributed by atoms with Crippen LogP contribution in [0.1, 0.15) is 30.1 Å². The standard InChI is InChI=1S/C14H23N3O/c1-11-5-6-13(16-10-11)14-12(15)4-3-7-17(14)8-9-18-2/h5-6,10,12,14H,3-4,7-9,15H2,1-2H3. The van der Waals surface area contributed by atoms with E-state index in [0.717, 1.165) is 38.2 Å². The van der Waals surface area contributed by atoms with E-state index in [9.17, 15) is 0 Å². The van der Waals surface area contributed by atoms with Crippen molar-refractivity contribution >= 4 is 0 Å². The summed E-state index contributed by atoms with van der Waals surface area (Å²) in [7, 11) is 1.74. The summed E-state index contributed by atoms with van der Waals surface area (Å²) in [5.74, 6) is 0. The van der Waals surface area contributed by atoms with Gasteiger partial charge in [-0.25, -0.2) is 0 Å². The zero-order valence-corrected chi connectivity index (χ0v) is 11.3. The Balaban J connectivity index is 2.15. The normalized spacial score (nSPS) is 25.3. The molecule has 1 aliphatic heterocycles. The third-order valence-corrected chi connectivity index (χ3v) is 3.60. The summed E-state index contributed by atoms with van der Waals surface area (Å²) in [5, 5.41) is 0. The molecule has 1 aromatic heterocycles. The highest BCUT2D eigenvalue weighted by Gasteiger charge is 2.30. The van der Waals surface area contributed by atoms with E-state index in [0.29, 0.717) is 0 Å². The summed E-state index contributed by atoms with van der Waals surface area (Å²) in [6, 6.07) is 4.61. The zero-order chi connectivity index (χ0) is 13.0. The van der Waals surface area contributed by atoms with Crippen LogP contribution >= 0.6 is 0 Å². The second kappa shape index (κ2) is 6.27. The third-order valence-electron chi connectivity index (χ3n) is 3.60. The van der Waals surface area contributed by atoms with Crippen molar-refractivity contribution in [3.63, 3.8) is 0 Å². The number of hydrogen-bond donors (Lipinski definition) is 1. The average Bonchev–Trinajstić information content (AvgIpc) is 2.38. The van der Waals surface area contributed by atoms with Crippen LogP contribution in [0.15, 0.2) is 18.3 Å². The molecule has 0 amide bonds. The van der Waals surface area contributed by atoms with Crippen molar-refractivity contribution in [3.8, 4) is 0 Å². The van der Waals surface area contributed by atoms with Gasteiger partial charge in [-0.05, 0) is 37.9 Å². The fourth-order valence-electron chi connectivity index (χ4n) is 2.62. The van der Waals surface area contributed by atoms with E-state index in [1.54, 1.807) is 7.11 Å². The van der Waals surface area contributed by atoms with Gasteiger partial charge in [-0.15, -0.1) is 0 Å². The van der Waals surface area contributed by atoms with Crippen LogP contribution in [0.2, 0.25) is 0 Å². The Bertz CT molecular complexity index is 366. The van der Waals surface area contributed by atoms with Gasteiger partial charge in [0.05, 0.1) is 18.3 Å². The first-order valence-corrected chi connectivity index (χ1v) is 6.63. The molecule has 100 valence electrons. The lowest BCUT2D eigenvalue weighted by molar-refractivity contribution is 0.0829. The number of rotatable bonds is 4. The minimum Gasteiger partial charge on any atom is -0.383 e. The number of hydrogen-bond acceptors (Lipinski definition) is 4. The summed E-state index contributed by atoms with van der Waals surface area (Å²) >= 11 is 0. The van der Waals surface area contributed by atoms with Crippen LogP contribution in [0.4, 0.5) is 0 Å². The lowest BCUT2D eigenvalue weighted by Gasteiger charge is -2.39. The van der Waals surface area contributed by atoms with Gasteiger partial charge >= 0.3 is 0 Å². The highest BCUT2D eigenvalue weighted by molar-refractivity contribution is 5.17. The molecule has 0 bridgehead atoms. The fraction of sp³-hybridized carbons (Fsp3) is 0.643. The number of nitrogens with two attached hydrogens (primary N) is 1. The van der Waals surface area contributed by atoms with Crippen LogP contribution in [-0.2, 0) is 4.74 Å². The predicted molar refractivity (Wildman–Crippen MR) is 72.4 cm³/mol. The minimum atomic E-state index is 0.172. The molecule has 1 fully saturated rings. The maximum Gasteiger partial charge on any atom is 0.0674 e. The van der Waals surface area contributed by atoms with Crippen LogP contribution < -0.4 is 5.73 Å². The van der Waals surface area contributed by atoms with Gasteiger partial charge in [0.25, 0.3) is 0 Å². The van der Waals surface area contributed by atoms with E-state index in [1.165, 1.54) is 5.56 Å². The molecule has 0 radical (unpaired) electrons. The van der Waals surface area contributed by atoms with Crippen molar-refractivity contribution in [1.29, 1.82) is 0 Å². The Morgan fingerprint density at radius 1 is 1.50 bits per heavy atom. The molecule has 1 aromatic rings. The van der Waals surface area contributed by atoms with Gasteiger partial charge in [0.1, 0.15) is 0 Å². The number of likely N-dealkylation sites (tertiary alicyclic amines) is 1. The lowest BCUT2D eigenvalue weighted by Crippen LogP contribution is -2.47. The highest BCUT2D eigenvalue weighted by Crippen LogP contribution is 2.28. The largest absolute Gasteiger partial charge is 0.383 e. The van der Waals surface area contributed by atoms with E-state index in [1.807, 2.05) is 6.20 Å². The topological polar surface area (TPSA) is 51.4 Å². The predicted octanol–water partition coefficient (Wildman–Crippen LogP) is 1.50. The van der Waals surface area contributed by atoms with Gasteiger partial charge in [-0.1, -0.05) is 6.07 Å². The number of nitrogens with zero attached hydrogens (tertiary/aromatic N) is 2. The van der Waals surface area contributed by atoms with Crippen molar-refractivity contribution in [2.75, 3.05) is 26.8 Å². The molecule has 2 atom stereocenters. The minimum absolute atomic E-state index is 0.172. The van der Waals surface area contributed by atoms with Gasteiger partial charge in [0, 0.05) is 25.9 Å². The second-order valence-corrected chi connectivity index (χ2v) is 5.04. The monoisotopic (exact) mass is 249 g/mol. The van der Waals surface area contributed by atoms with Gasteiger partial charge < -0.3 is 10.5 Å². The van der Waals surface area contributed by atoms with E-state index < -0.39 is 0 Å². The first-order valence-electron chi connectivity index (χ1n) is 6.63. The Labute approximate surface area is 109 Å². The molecule has 1 saturated heterocycles. The second-order valence-electron chi connectivity index (χ2n) is 5.04. The molecule has 0 spiro atoms. The Kier molecular flexibility index (Phi) is 4.69. The van der Waals surface area contributed by atoms with Crippen molar-refractivity contribution in [1.82, 2.24) is 9.88 Å². The summed E-state index contributed by atoms with van der Waals surface area (Å²) in [6.07, 6.45) is 4.15. The molecule has 2 unspecified atom stereocenters. The van der Waals surface area contributed by atoms with Crippen LogP contribution in [0.5, 0.6) is 0 Å². The van der Waals surface area contributed by atoms with Crippen molar-refractivity contribution in [2.24, 2.45) is 5.73 Å². The molecule has 0 saturated carbocycles. The molecule has 2 heterocycles. The summed E-state index contributed by atoms with van der Waals surface area (Å²) in [5.41, 5.74) is 8.56. The molecule has 4 heteroatoms. The van der Waals surface area contributed by atoms with Crippen LogP contribution in [-0.4, -0.2) is 42.7 Å². The molecule has 0 aromatic carbocycles. The quantitative estimate of drug-likeness (QED) is 0.878. The fourth-order valence-corrected chi connectivity index (χ4v) is 2.62. The molecular formula is C14H23N3O. The van der Waals surface area contributed by atoms with Gasteiger partial charge in [-0.3, -0.25) is 9.88 Å². The maximum absolute atomic E-state index is 6.29. The average molecular weight is 249 g/mol. The van der Waals surface area contributed by atoms with Gasteiger partial charge in [0.15, 0.2) is 0 Å². The molecule has 18 heavy (non-hydrogen) atoms. The number of ether oxygens (including phenoxy) is 1. The summed E-state index contributed by atoms with van der Waals surface area (Å²) in [6.45, 7) is 4.80. The summed E-state index contributed by atoms with van der Waals surface area (Å²) < 4.78 is 5.18. The maximum atomic E-state index is 6.29. The third kappa shape index (κ3) is 3.07. The van der Waals surface area contributed by atoms with Crippen LogP contribution in [0.3, 0.4) is 0 Å². The lowest BCUT2D eigenvalue weighted by atomic mass is 9.94. The number of piperidine rings is 1.